The van der Waals surface area contributed by atoms with Gasteiger partial charge in [0.1, 0.15) is 25.6 Å². The topological polar surface area (TPSA) is 138 Å². The van der Waals surface area contributed by atoms with E-state index in [4.69, 9.17) is 23.7 Å². The van der Waals surface area contributed by atoms with Gasteiger partial charge in [0.15, 0.2) is 6.29 Å². The number of carbonyl (C=O) groups excluding carboxylic acids is 3. The molecule has 0 bridgehead atoms. The molecule has 2 rings (SSSR count). The first-order valence-electron chi connectivity index (χ1n) is 12.3. The fourth-order valence-electron chi connectivity index (χ4n) is 2.98. The van der Waals surface area contributed by atoms with E-state index in [1.165, 1.54) is 25.1 Å². The van der Waals surface area contributed by atoms with E-state index >= 15 is 0 Å². The number of rotatable bonds is 15. The summed E-state index contributed by atoms with van der Waals surface area (Å²) in [5, 5.41) is 19.5. The number of ether oxygens (including phenoxy) is 5. The summed E-state index contributed by atoms with van der Waals surface area (Å²) in [6.45, 7) is 14.8. The van der Waals surface area contributed by atoms with Gasteiger partial charge in [-0.1, -0.05) is 31.9 Å². The van der Waals surface area contributed by atoms with Crippen LogP contribution in [0.5, 0.6) is 5.75 Å². The van der Waals surface area contributed by atoms with Gasteiger partial charge < -0.3 is 33.9 Å². The maximum absolute atomic E-state index is 12.8. The van der Waals surface area contributed by atoms with Crippen LogP contribution in [-0.2, 0) is 23.7 Å². The zero-order chi connectivity index (χ0) is 29.8. The molecular formula is C30H34O10. The first kappa shape index (κ1) is 32.0. The van der Waals surface area contributed by atoms with E-state index in [-0.39, 0.29) is 43.1 Å². The van der Waals surface area contributed by atoms with Gasteiger partial charge >= 0.3 is 17.9 Å². The van der Waals surface area contributed by atoms with Gasteiger partial charge in [-0.25, -0.2) is 14.4 Å². The maximum Gasteiger partial charge on any atom is 0.338 e. The van der Waals surface area contributed by atoms with Crippen LogP contribution in [0, 0.1) is 0 Å². The Labute approximate surface area is 233 Å². The Balaban J connectivity index is 2.23. The van der Waals surface area contributed by atoms with Crippen molar-refractivity contribution in [1.82, 2.24) is 0 Å². The van der Waals surface area contributed by atoms with E-state index in [9.17, 15) is 24.6 Å². The first-order chi connectivity index (χ1) is 18.9. The van der Waals surface area contributed by atoms with Crippen molar-refractivity contribution in [1.29, 1.82) is 0 Å². The molecule has 0 saturated carbocycles. The van der Waals surface area contributed by atoms with Crippen molar-refractivity contribution in [3.63, 3.8) is 0 Å². The Morgan fingerprint density at radius 1 is 0.700 bits per heavy atom. The van der Waals surface area contributed by atoms with E-state index in [1.54, 1.807) is 38.1 Å². The summed E-state index contributed by atoms with van der Waals surface area (Å²) in [4.78, 5) is 37.1. The largest absolute Gasteiger partial charge is 0.461 e. The molecule has 0 aliphatic carbocycles. The van der Waals surface area contributed by atoms with E-state index in [0.717, 1.165) is 0 Å². The van der Waals surface area contributed by atoms with Gasteiger partial charge in [0.05, 0.1) is 17.7 Å². The van der Waals surface area contributed by atoms with Gasteiger partial charge in [0, 0.05) is 5.57 Å². The minimum atomic E-state index is -1.18. The lowest BCUT2D eigenvalue weighted by atomic mass is 9.99. The molecule has 2 unspecified atom stereocenters. The van der Waals surface area contributed by atoms with Gasteiger partial charge in [0.2, 0.25) is 6.29 Å². The molecule has 2 N–H and O–H groups in total. The van der Waals surface area contributed by atoms with E-state index < -0.39 is 30.5 Å². The number of hydrogen-bond acceptors (Lipinski definition) is 10. The Morgan fingerprint density at radius 3 is 1.70 bits per heavy atom. The van der Waals surface area contributed by atoms with Crippen molar-refractivity contribution in [2.45, 2.75) is 33.4 Å². The normalized spacial score (nSPS) is 12.0. The molecular weight excluding hydrogens is 520 g/mol. The summed E-state index contributed by atoms with van der Waals surface area (Å²) in [7, 11) is 0. The molecule has 0 aliphatic heterocycles. The Kier molecular flexibility index (Phi) is 12.3. The van der Waals surface area contributed by atoms with Crippen LogP contribution >= 0.6 is 0 Å². The van der Waals surface area contributed by atoms with Crippen molar-refractivity contribution in [2.24, 2.45) is 0 Å². The van der Waals surface area contributed by atoms with Crippen molar-refractivity contribution in [3.8, 4) is 16.9 Å². The van der Waals surface area contributed by atoms with Crippen LogP contribution in [0.2, 0.25) is 0 Å². The second kappa shape index (κ2) is 15.4. The van der Waals surface area contributed by atoms with Crippen LogP contribution in [0.4, 0.5) is 0 Å². The van der Waals surface area contributed by atoms with Gasteiger partial charge in [-0.15, -0.1) is 0 Å². The Hall–Kier alpha value is -4.25. The van der Waals surface area contributed by atoms with Crippen molar-refractivity contribution < 1.29 is 48.3 Å². The molecule has 0 aliphatic rings. The lowest BCUT2D eigenvalue weighted by Gasteiger charge is -2.14. The predicted molar refractivity (Wildman–Crippen MR) is 146 cm³/mol. The molecule has 0 saturated heterocycles. The first-order valence-corrected chi connectivity index (χ1v) is 12.3. The third kappa shape index (κ3) is 10.1. The van der Waals surface area contributed by atoms with Gasteiger partial charge in [-0.2, -0.15) is 0 Å². The average molecular weight is 555 g/mol. The van der Waals surface area contributed by atoms with Crippen LogP contribution in [0.15, 0.2) is 78.9 Å². The standard InChI is InChI=1S/C30H34O10/c1-18(2)26(31)36-11-13-38-29(34)23-15-22(21-7-9-25(10-8-21)40-28(33)20(5)6)16-24(17-23)30(35)39-14-12-37-27(32)19(3)4/h7-10,15-17,26,28,31,33H,1,3,5,11-14H2,2,4,6H3. The zero-order valence-corrected chi connectivity index (χ0v) is 22.8. The molecule has 40 heavy (non-hydrogen) atoms. The van der Waals surface area contributed by atoms with Crippen LogP contribution in [-0.4, -0.2) is 67.1 Å². The summed E-state index contributed by atoms with van der Waals surface area (Å²) in [5.41, 5.74) is 2.31. The summed E-state index contributed by atoms with van der Waals surface area (Å²) >= 11 is 0. The minimum absolute atomic E-state index is 0.0580. The summed E-state index contributed by atoms with van der Waals surface area (Å²) in [5.74, 6) is -1.70. The third-order valence-corrected chi connectivity index (χ3v) is 5.17. The second-order valence-electron chi connectivity index (χ2n) is 8.90. The molecule has 0 radical (unpaired) electrons. The SMILES string of the molecule is C=C(C)C(=O)OCCOC(=O)c1cc(C(=O)OCCOC(O)C(=C)C)cc(-c2ccc(OC(O)C(=C)C)cc2)c1. The number of carbonyl (C=O) groups is 3. The maximum atomic E-state index is 12.8. The highest BCUT2D eigenvalue weighted by molar-refractivity contribution is 5.97. The molecule has 0 spiro atoms. The highest BCUT2D eigenvalue weighted by atomic mass is 16.6. The quantitative estimate of drug-likeness (QED) is 0.0831. The van der Waals surface area contributed by atoms with Gasteiger partial charge in [-0.3, -0.25) is 0 Å². The van der Waals surface area contributed by atoms with E-state index in [0.29, 0.717) is 28.0 Å². The number of benzene rings is 2. The predicted octanol–water partition coefficient (Wildman–Crippen LogP) is 3.97. The molecule has 10 nitrogen and oxygen atoms in total. The van der Waals surface area contributed by atoms with Crippen molar-refractivity contribution >= 4 is 17.9 Å². The van der Waals surface area contributed by atoms with Crippen LogP contribution in [0.3, 0.4) is 0 Å². The minimum Gasteiger partial charge on any atom is -0.461 e. The van der Waals surface area contributed by atoms with Crippen LogP contribution in [0.1, 0.15) is 41.5 Å². The molecule has 0 aromatic heterocycles. The number of aliphatic hydroxyl groups excluding tert-OH is 2. The van der Waals surface area contributed by atoms with Crippen LogP contribution < -0.4 is 4.74 Å². The fourth-order valence-corrected chi connectivity index (χ4v) is 2.98. The molecule has 0 fully saturated rings. The average Bonchev–Trinajstić information content (AvgIpc) is 2.92. The zero-order valence-electron chi connectivity index (χ0n) is 22.8. The number of aliphatic hydroxyl groups is 2. The smallest absolute Gasteiger partial charge is 0.338 e. The Bertz CT molecular complexity index is 1250. The van der Waals surface area contributed by atoms with Gasteiger partial charge in [-0.05, 0) is 73.4 Å². The monoisotopic (exact) mass is 554 g/mol. The summed E-state index contributed by atoms with van der Waals surface area (Å²) in [6.07, 6.45) is -2.35. The Morgan fingerprint density at radius 2 is 1.20 bits per heavy atom. The van der Waals surface area contributed by atoms with E-state index in [1.807, 2.05) is 0 Å². The molecule has 2 aromatic rings. The summed E-state index contributed by atoms with van der Waals surface area (Å²) < 4.78 is 25.9. The van der Waals surface area contributed by atoms with Gasteiger partial charge in [0.25, 0.3) is 0 Å². The van der Waals surface area contributed by atoms with Crippen LogP contribution in [0.25, 0.3) is 11.1 Å². The summed E-state index contributed by atoms with van der Waals surface area (Å²) in [6, 6.07) is 11.0. The molecule has 0 heterocycles. The second-order valence-corrected chi connectivity index (χ2v) is 8.90. The number of hydrogen-bond donors (Lipinski definition) is 2. The molecule has 0 amide bonds. The third-order valence-electron chi connectivity index (χ3n) is 5.17. The van der Waals surface area contributed by atoms with Crippen molar-refractivity contribution in [3.05, 3.63) is 90.0 Å². The van der Waals surface area contributed by atoms with Crippen molar-refractivity contribution in [2.75, 3.05) is 26.4 Å². The molecule has 2 aromatic carbocycles. The highest BCUT2D eigenvalue weighted by Crippen LogP contribution is 2.26. The lowest BCUT2D eigenvalue weighted by Crippen LogP contribution is -2.18. The molecule has 2 atom stereocenters. The molecule has 214 valence electrons. The fraction of sp³-hybridized carbons (Fsp3) is 0.300. The number of esters is 3. The molecule has 10 heteroatoms. The highest BCUT2D eigenvalue weighted by Gasteiger charge is 2.17. The van der Waals surface area contributed by atoms with E-state index in [2.05, 4.69) is 19.7 Å². The lowest BCUT2D eigenvalue weighted by molar-refractivity contribution is -0.140.